The molecule has 0 aromatic carbocycles. The average Bonchev–Trinajstić information content (AvgIpc) is 2.14. The second-order valence-corrected chi connectivity index (χ2v) is 4.04. The van der Waals surface area contributed by atoms with Crippen LogP contribution in [0.5, 0.6) is 0 Å². The quantitative estimate of drug-likeness (QED) is 0.450. The molecular formula is C11H19NO3. The standard InChI is InChI=1S/C11H19NO3/c1-2-9(11(14)15)3-4-12-7-8-5-10(13)6-8/h3,8,10,12-13H,2,4-7H2,1H3,(H,14,15). The van der Waals surface area contributed by atoms with Gasteiger partial charge in [-0.15, -0.1) is 0 Å². The van der Waals surface area contributed by atoms with Crippen LogP contribution in [0.25, 0.3) is 0 Å². The summed E-state index contributed by atoms with van der Waals surface area (Å²) in [5.41, 5.74) is 0.455. The zero-order valence-electron chi connectivity index (χ0n) is 9.07. The third-order valence-corrected chi connectivity index (χ3v) is 2.79. The van der Waals surface area contributed by atoms with Gasteiger partial charge in [0, 0.05) is 12.1 Å². The van der Waals surface area contributed by atoms with Crippen molar-refractivity contribution in [2.45, 2.75) is 32.3 Å². The highest BCUT2D eigenvalue weighted by atomic mass is 16.4. The first-order valence-electron chi connectivity index (χ1n) is 5.44. The van der Waals surface area contributed by atoms with Gasteiger partial charge >= 0.3 is 5.97 Å². The van der Waals surface area contributed by atoms with Crippen molar-refractivity contribution in [2.75, 3.05) is 13.1 Å². The van der Waals surface area contributed by atoms with E-state index in [1.165, 1.54) is 0 Å². The highest BCUT2D eigenvalue weighted by Crippen LogP contribution is 2.25. The predicted octanol–water partition coefficient (Wildman–Crippen LogP) is 0.768. The van der Waals surface area contributed by atoms with E-state index in [4.69, 9.17) is 10.2 Å². The molecule has 1 rings (SSSR count). The van der Waals surface area contributed by atoms with Crippen LogP contribution in [0.1, 0.15) is 26.2 Å². The number of nitrogens with one attached hydrogen (secondary N) is 1. The van der Waals surface area contributed by atoms with Gasteiger partial charge in [-0.2, -0.15) is 0 Å². The number of carboxylic acid groups (broad SMARTS) is 1. The molecule has 0 bridgehead atoms. The number of carboxylic acids is 1. The van der Waals surface area contributed by atoms with Gasteiger partial charge in [0.1, 0.15) is 0 Å². The molecule has 0 spiro atoms. The third kappa shape index (κ3) is 4.01. The highest BCUT2D eigenvalue weighted by Gasteiger charge is 2.26. The van der Waals surface area contributed by atoms with Crippen LogP contribution in [-0.4, -0.2) is 35.4 Å². The molecule has 0 aromatic rings. The number of aliphatic hydroxyl groups is 1. The van der Waals surface area contributed by atoms with E-state index in [0.717, 1.165) is 19.4 Å². The van der Waals surface area contributed by atoms with E-state index in [-0.39, 0.29) is 6.10 Å². The molecule has 15 heavy (non-hydrogen) atoms. The zero-order chi connectivity index (χ0) is 11.3. The van der Waals surface area contributed by atoms with Crippen molar-refractivity contribution < 1.29 is 15.0 Å². The van der Waals surface area contributed by atoms with Gasteiger partial charge in [-0.1, -0.05) is 13.0 Å². The highest BCUT2D eigenvalue weighted by molar-refractivity contribution is 5.86. The number of hydrogen-bond acceptors (Lipinski definition) is 3. The Morgan fingerprint density at radius 2 is 2.20 bits per heavy atom. The second kappa shape index (κ2) is 5.88. The summed E-state index contributed by atoms with van der Waals surface area (Å²) in [4.78, 5) is 10.6. The van der Waals surface area contributed by atoms with Gasteiger partial charge in [-0.05, 0) is 31.7 Å². The maximum atomic E-state index is 10.6. The number of aliphatic hydroxyl groups excluding tert-OH is 1. The first-order valence-corrected chi connectivity index (χ1v) is 5.44. The summed E-state index contributed by atoms with van der Waals surface area (Å²) in [7, 11) is 0. The summed E-state index contributed by atoms with van der Waals surface area (Å²) in [6.07, 6.45) is 3.90. The van der Waals surface area contributed by atoms with Crippen molar-refractivity contribution in [3.8, 4) is 0 Å². The molecule has 1 aliphatic rings. The lowest BCUT2D eigenvalue weighted by atomic mass is 9.82. The average molecular weight is 213 g/mol. The lowest BCUT2D eigenvalue weighted by Gasteiger charge is -2.31. The van der Waals surface area contributed by atoms with Gasteiger partial charge in [0.05, 0.1) is 6.10 Å². The van der Waals surface area contributed by atoms with Crippen molar-refractivity contribution in [1.82, 2.24) is 5.32 Å². The van der Waals surface area contributed by atoms with Crippen LogP contribution in [0.4, 0.5) is 0 Å². The molecule has 0 radical (unpaired) electrons. The monoisotopic (exact) mass is 213 g/mol. The van der Waals surface area contributed by atoms with Crippen LogP contribution in [-0.2, 0) is 4.79 Å². The fourth-order valence-corrected chi connectivity index (χ4v) is 1.73. The molecule has 0 atom stereocenters. The van der Waals surface area contributed by atoms with Crippen molar-refractivity contribution in [2.24, 2.45) is 5.92 Å². The van der Waals surface area contributed by atoms with Crippen molar-refractivity contribution >= 4 is 5.97 Å². The molecule has 0 amide bonds. The van der Waals surface area contributed by atoms with E-state index in [2.05, 4.69) is 5.32 Å². The Labute approximate surface area is 90.0 Å². The normalized spacial score (nSPS) is 26.1. The summed E-state index contributed by atoms with van der Waals surface area (Å²) in [5.74, 6) is -0.276. The largest absolute Gasteiger partial charge is 0.478 e. The lowest BCUT2D eigenvalue weighted by Crippen LogP contribution is -2.36. The van der Waals surface area contributed by atoms with E-state index in [1.807, 2.05) is 6.92 Å². The Kier molecular flexibility index (Phi) is 4.78. The molecule has 0 aliphatic heterocycles. The Morgan fingerprint density at radius 3 is 2.67 bits per heavy atom. The molecule has 0 aromatic heterocycles. The predicted molar refractivity (Wildman–Crippen MR) is 57.6 cm³/mol. The fourth-order valence-electron chi connectivity index (χ4n) is 1.73. The fraction of sp³-hybridized carbons (Fsp3) is 0.727. The maximum absolute atomic E-state index is 10.6. The van der Waals surface area contributed by atoms with E-state index in [1.54, 1.807) is 6.08 Å². The third-order valence-electron chi connectivity index (χ3n) is 2.79. The van der Waals surface area contributed by atoms with Crippen molar-refractivity contribution in [3.05, 3.63) is 11.6 Å². The molecular weight excluding hydrogens is 194 g/mol. The number of aliphatic carboxylic acids is 1. The van der Waals surface area contributed by atoms with E-state index < -0.39 is 5.97 Å². The van der Waals surface area contributed by atoms with E-state index in [9.17, 15) is 4.79 Å². The first kappa shape index (κ1) is 12.2. The number of carbonyl (C=O) groups is 1. The zero-order valence-corrected chi connectivity index (χ0v) is 9.07. The Hall–Kier alpha value is -0.870. The van der Waals surface area contributed by atoms with Crippen molar-refractivity contribution in [3.63, 3.8) is 0 Å². The molecule has 1 saturated carbocycles. The summed E-state index contributed by atoms with van der Waals surface area (Å²) >= 11 is 0. The second-order valence-electron chi connectivity index (χ2n) is 4.04. The maximum Gasteiger partial charge on any atom is 0.331 e. The van der Waals surface area contributed by atoms with Crippen LogP contribution in [0, 0.1) is 5.92 Å². The lowest BCUT2D eigenvalue weighted by molar-refractivity contribution is -0.132. The van der Waals surface area contributed by atoms with E-state index >= 15 is 0 Å². The van der Waals surface area contributed by atoms with Crippen LogP contribution in [0.15, 0.2) is 11.6 Å². The molecule has 4 heteroatoms. The first-order chi connectivity index (χ1) is 7.13. The molecule has 4 nitrogen and oxygen atoms in total. The molecule has 3 N–H and O–H groups in total. The SMILES string of the molecule is CCC(=CCNCC1CC(O)C1)C(=O)O. The molecule has 1 aliphatic carbocycles. The van der Waals surface area contributed by atoms with Crippen LogP contribution >= 0.6 is 0 Å². The van der Waals surface area contributed by atoms with Crippen LogP contribution < -0.4 is 5.32 Å². The van der Waals surface area contributed by atoms with Gasteiger partial charge in [-0.3, -0.25) is 0 Å². The minimum Gasteiger partial charge on any atom is -0.478 e. The van der Waals surface area contributed by atoms with Gasteiger partial charge in [0.2, 0.25) is 0 Å². The summed E-state index contributed by atoms with van der Waals surface area (Å²) in [5, 5.41) is 21.0. The Morgan fingerprint density at radius 1 is 1.53 bits per heavy atom. The van der Waals surface area contributed by atoms with Gasteiger partial charge in [0.15, 0.2) is 0 Å². The minimum atomic E-state index is -0.835. The number of hydrogen-bond donors (Lipinski definition) is 3. The van der Waals surface area contributed by atoms with Crippen LogP contribution in [0.2, 0.25) is 0 Å². The minimum absolute atomic E-state index is 0.113. The summed E-state index contributed by atoms with van der Waals surface area (Å²) in [6, 6.07) is 0. The molecule has 0 unspecified atom stereocenters. The number of rotatable bonds is 6. The van der Waals surface area contributed by atoms with Gasteiger partial charge < -0.3 is 15.5 Å². The van der Waals surface area contributed by atoms with Crippen LogP contribution in [0.3, 0.4) is 0 Å². The summed E-state index contributed by atoms with van der Waals surface area (Å²) < 4.78 is 0. The molecule has 0 saturated heterocycles. The molecule has 86 valence electrons. The van der Waals surface area contributed by atoms with Crippen molar-refractivity contribution in [1.29, 1.82) is 0 Å². The van der Waals surface area contributed by atoms with Gasteiger partial charge in [-0.25, -0.2) is 4.79 Å². The Bertz CT molecular complexity index is 244. The Balaban J connectivity index is 2.12. The molecule has 0 heterocycles. The molecule has 1 fully saturated rings. The van der Waals surface area contributed by atoms with Gasteiger partial charge in [0.25, 0.3) is 0 Å². The smallest absolute Gasteiger partial charge is 0.331 e. The van der Waals surface area contributed by atoms with E-state index in [0.29, 0.717) is 24.5 Å². The topological polar surface area (TPSA) is 69.6 Å². The summed E-state index contributed by atoms with van der Waals surface area (Å²) in [6.45, 7) is 3.30.